The van der Waals surface area contributed by atoms with E-state index >= 15 is 0 Å². The SMILES string of the molecule is C[C@]12C(=O)O[C@H]3[C@H]4O[C@@]45C(=CC(=O)O[C@@H]5[C@@](C)(O)CS(C)(=O)=O)[C@@](C)(C[C@@H]4O[C@@H]41)[C@@H]32. The monoisotopic (exact) mass is 440 g/mol. The first kappa shape index (κ1) is 19.2. The minimum absolute atomic E-state index is 0.122. The van der Waals surface area contributed by atoms with Crippen molar-refractivity contribution in [3.63, 3.8) is 0 Å². The molecule has 0 aromatic heterocycles. The van der Waals surface area contributed by atoms with E-state index in [4.69, 9.17) is 18.9 Å². The maximum Gasteiger partial charge on any atom is 0.331 e. The van der Waals surface area contributed by atoms with Crippen molar-refractivity contribution in [2.75, 3.05) is 12.0 Å². The molecular weight excluding hydrogens is 416 g/mol. The van der Waals surface area contributed by atoms with Gasteiger partial charge in [-0.05, 0) is 25.8 Å². The van der Waals surface area contributed by atoms with Crippen LogP contribution in [0.25, 0.3) is 0 Å². The zero-order valence-electron chi connectivity index (χ0n) is 17.1. The molecule has 4 heterocycles. The zero-order chi connectivity index (χ0) is 21.6. The van der Waals surface area contributed by atoms with Gasteiger partial charge in [-0.15, -0.1) is 0 Å². The predicted octanol–water partition coefficient (Wildman–Crippen LogP) is -0.490. The van der Waals surface area contributed by atoms with E-state index in [1.165, 1.54) is 13.0 Å². The second-order valence-electron chi connectivity index (χ2n) is 10.5. The van der Waals surface area contributed by atoms with Crippen molar-refractivity contribution in [3.05, 3.63) is 11.6 Å². The first-order valence-corrected chi connectivity index (χ1v) is 12.2. The Labute approximate surface area is 173 Å². The minimum Gasteiger partial charge on any atom is -0.459 e. The number of carbonyl (C=O) groups is 2. The van der Waals surface area contributed by atoms with E-state index in [1.807, 2.05) is 13.8 Å². The van der Waals surface area contributed by atoms with Gasteiger partial charge in [0.15, 0.2) is 11.7 Å². The quantitative estimate of drug-likeness (QED) is 0.456. The number of hydrogen-bond acceptors (Lipinski definition) is 9. The predicted molar refractivity (Wildman–Crippen MR) is 98.8 cm³/mol. The molecule has 2 aliphatic carbocycles. The minimum atomic E-state index is -3.59. The number of ether oxygens (including phenoxy) is 4. The number of esters is 2. The topological polar surface area (TPSA) is 132 Å². The largest absolute Gasteiger partial charge is 0.459 e. The summed E-state index contributed by atoms with van der Waals surface area (Å²) in [5, 5.41) is 11.1. The average molecular weight is 440 g/mol. The summed E-state index contributed by atoms with van der Waals surface area (Å²) in [6, 6.07) is 0. The maximum atomic E-state index is 12.9. The summed E-state index contributed by atoms with van der Waals surface area (Å²) in [4.78, 5) is 25.5. The van der Waals surface area contributed by atoms with Crippen molar-refractivity contribution < 1.29 is 42.1 Å². The summed E-state index contributed by atoms with van der Waals surface area (Å²) < 4.78 is 47.2. The molecule has 0 radical (unpaired) electrons. The second kappa shape index (κ2) is 4.95. The summed E-state index contributed by atoms with van der Waals surface area (Å²) in [6.45, 7) is 5.17. The summed E-state index contributed by atoms with van der Waals surface area (Å²) in [7, 11) is -3.59. The number of carbonyl (C=O) groups excluding carboxylic acids is 2. The number of aliphatic hydroxyl groups is 1. The first-order valence-electron chi connectivity index (χ1n) is 10.1. The summed E-state index contributed by atoms with van der Waals surface area (Å²) in [6.07, 6.45) is 0.231. The number of rotatable bonds is 3. The standard InChI is InChI=1S/C20H24O9S/c1-17-6-8-13(26-8)19(3)12(17)11(28-16(19)22)14-20(29-14)9(17)5-10(21)27-15(20)18(2,23)7-30(4,24)25/h5,8,11-15,23H,6-7H2,1-4H3/t8-,11+,12+,13-,14+,15+,17+,18-,19+,20-/m0/s1. The highest BCUT2D eigenvalue weighted by Gasteiger charge is 2.87. The van der Waals surface area contributed by atoms with Crippen molar-refractivity contribution in [3.8, 4) is 0 Å². The van der Waals surface area contributed by atoms with Crippen LogP contribution in [0, 0.1) is 16.7 Å². The van der Waals surface area contributed by atoms with Crippen LogP contribution in [0.4, 0.5) is 0 Å². The molecule has 0 unspecified atom stereocenters. The fourth-order valence-electron chi connectivity index (χ4n) is 7.32. The molecule has 1 spiro atoms. The third-order valence-corrected chi connectivity index (χ3v) is 9.28. The van der Waals surface area contributed by atoms with Gasteiger partial charge in [-0.3, -0.25) is 4.79 Å². The van der Waals surface area contributed by atoms with E-state index in [2.05, 4.69) is 0 Å². The molecule has 0 amide bonds. The smallest absolute Gasteiger partial charge is 0.331 e. The van der Waals surface area contributed by atoms with Crippen molar-refractivity contribution >= 4 is 21.8 Å². The summed E-state index contributed by atoms with van der Waals surface area (Å²) >= 11 is 0. The van der Waals surface area contributed by atoms with Crippen LogP contribution in [-0.4, -0.2) is 79.2 Å². The van der Waals surface area contributed by atoms with Gasteiger partial charge in [-0.1, -0.05) is 6.92 Å². The molecule has 30 heavy (non-hydrogen) atoms. The van der Waals surface area contributed by atoms with Gasteiger partial charge < -0.3 is 24.1 Å². The molecule has 5 fully saturated rings. The van der Waals surface area contributed by atoms with Crippen LogP contribution in [0.2, 0.25) is 0 Å². The number of fused-ring (bicyclic) bond motifs is 4. The molecule has 0 aromatic carbocycles. The van der Waals surface area contributed by atoms with Gasteiger partial charge in [0.1, 0.15) is 39.2 Å². The van der Waals surface area contributed by atoms with E-state index in [-0.39, 0.29) is 24.1 Å². The fourth-order valence-corrected chi connectivity index (χ4v) is 8.53. The van der Waals surface area contributed by atoms with E-state index in [0.29, 0.717) is 12.0 Å². The highest BCUT2D eigenvalue weighted by atomic mass is 32.2. The highest BCUT2D eigenvalue weighted by Crippen LogP contribution is 2.75. The Morgan fingerprint density at radius 3 is 2.60 bits per heavy atom. The van der Waals surface area contributed by atoms with Gasteiger partial charge in [0.05, 0.1) is 11.9 Å². The average Bonchev–Trinajstić information content (AvgIpc) is 3.47. The molecule has 164 valence electrons. The van der Waals surface area contributed by atoms with Crippen molar-refractivity contribution in [2.24, 2.45) is 16.7 Å². The van der Waals surface area contributed by atoms with Crippen LogP contribution in [0.1, 0.15) is 27.2 Å². The lowest BCUT2D eigenvalue weighted by Gasteiger charge is -2.53. The molecule has 0 bridgehead atoms. The lowest BCUT2D eigenvalue weighted by Crippen LogP contribution is -2.65. The Morgan fingerprint density at radius 2 is 1.93 bits per heavy atom. The van der Waals surface area contributed by atoms with Gasteiger partial charge in [0, 0.05) is 23.7 Å². The van der Waals surface area contributed by atoms with Gasteiger partial charge in [0.25, 0.3) is 0 Å². The van der Waals surface area contributed by atoms with Gasteiger partial charge in [0.2, 0.25) is 0 Å². The van der Waals surface area contributed by atoms with Gasteiger partial charge in [-0.25, -0.2) is 13.2 Å². The Balaban J connectivity index is 1.51. The molecule has 10 atom stereocenters. The van der Waals surface area contributed by atoms with E-state index in [0.717, 1.165) is 6.26 Å². The molecule has 4 aliphatic heterocycles. The third kappa shape index (κ3) is 2.02. The zero-order valence-corrected chi connectivity index (χ0v) is 17.9. The number of cyclic esters (lactones) is 1. The van der Waals surface area contributed by atoms with Crippen molar-refractivity contribution in [1.82, 2.24) is 0 Å². The Hall–Kier alpha value is -1.49. The van der Waals surface area contributed by atoms with Crippen LogP contribution in [0.15, 0.2) is 11.6 Å². The molecule has 0 aromatic rings. The first-order chi connectivity index (χ1) is 13.7. The summed E-state index contributed by atoms with van der Waals surface area (Å²) in [5.41, 5.74) is -3.96. The van der Waals surface area contributed by atoms with Crippen LogP contribution in [0.3, 0.4) is 0 Å². The Morgan fingerprint density at radius 1 is 1.23 bits per heavy atom. The molecule has 6 aliphatic rings. The number of sulfone groups is 1. The van der Waals surface area contributed by atoms with Crippen molar-refractivity contribution in [1.29, 1.82) is 0 Å². The number of hydrogen-bond donors (Lipinski definition) is 1. The third-order valence-electron chi connectivity index (χ3n) is 8.17. The van der Waals surface area contributed by atoms with Crippen LogP contribution >= 0.6 is 0 Å². The molecular formula is C20H24O9S. The summed E-state index contributed by atoms with van der Waals surface area (Å²) in [5.74, 6) is -1.85. The highest BCUT2D eigenvalue weighted by molar-refractivity contribution is 7.90. The van der Waals surface area contributed by atoms with Crippen LogP contribution < -0.4 is 0 Å². The molecule has 10 heteroatoms. The molecule has 6 rings (SSSR count). The molecule has 2 saturated carbocycles. The Bertz CT molecular complexity index is 1050. The molecule has 1 N–H and O–H groups in total. The van der Waals surface area contributed by atoms with Gasteiger partial charge >= 0.3 is 11.9 Å². The van der Waals surface area contributed by atoms with Crippen LogP contribution in [0.5, 0.6) is 0 Å². The second-order valence-corrected chi connectivity index (χ2v) is 12.6. The van der Waals surface area contributed by atoms with Crippen molar-refractivity contribution in [2.45, 2.75) is 68.9 Å². The van der Waals surface area contributed by atoms with Gasteiger partial charge in [-0.2, -0.15) is 0 Å². The maximum absolute atomic E-state index is 12.9. The molecule has 9 nitrogen and oxygen atoms in total. The number of epoxide rings is 2. The Kier molecular flexibility index (Phi) is 3.17. The lowest BCUT2D eigenvalue weighted by molar-refractivity contribution is -0.168. The normalized spacial score (nSPS) is 54.4. The van der Waals surface area contributed by atoms with Crippen LogP contribution in [-0.2, 0) is 38.4 Å². The van der Waals surface area contributed by atoms with E-state index in [9.17, 15) is 23.1 Å². The lowest BCUT2D eigenvalue weighted by atomic mass is 9.47. The fraction of sp³-hybridized carbons (Fsp3) is 0.800. The van der Waals surface area contributed by atoms with E-state index in [1.54, 1.807) is 0 Å². The van der Waals surface area contributed by atoms with E-state index < -0.39 is 61.9 Å². The molecule has 3 saturated heterocycles.